The molecule has 4 heterocycles. The van der Waals surface area contributed by atoms with Crippen LogP contribution >= 0.6 is 0 Å². The summed E-state index contributed by atoms with van der Waals surface area (Å²) in [6, 6.07) is 7.45. The summed E-state index contributed by atoms with van der Waals surface area (Å²) in [4.78, 5) is 16.4. The standard InChI is InChI=1S/C20H25N9O/c1-27(2)16-7-6-15(22-23-16)20(30)21-10-13-11-28(12-13)18-9-8-17-24-25-19(29(17)26-18)14-4-3-5-14/h6-9,13-14H,3-5,10-12H2,1-2H3,(H,21,30). The number of amides is 1. The Balaban J connectivity index is 1.16. The summed E-state index contributed by atoms with van der Waals surface area (Å²) in [5.41, 5.74) is 1.13. The molecular formula is C20H25N9O. The van der Waals surface area contributed by atoms with Gasteiger partial charge in [-0.15, -0.1) is 25.5 Å². The van der Waals surface area contributed by atoms with Gasteiger partial charge in [0.15, 0.2) is 23.0 Å². The van der Waals surface area contributed by atoms with E-state index in [1.807, 2.05) is 35.6 Å². The first-order chi connectivity index (χ1) is 14.6. The molecule has 3 aromatic heterocycles. The third kappa shape index (κ3) is 3.42. The van der Waals surface area contributed by atoms with Gasteiger partial charge in [0, 0.05) is 45.6 Å². The van der Waals surface area contributed by atoms with Crippen LogP contribution in [0, 0.1) is 5.92 Å². The number of rotatable bonds is 6. The number of carbonyl (C=O) groups is 1. The summed E-state index contributed by atoms with van der Waals surface area (Å²) < 4.78 is 1.89. The second-order valence-corrected chi connectivity index (χ2v) is 8.30. The predicted molar refractivity (Wildman–Crippen MR) is 112 cm³/mol. The maximum Gasteiger partial charge on any atom is 0.271 e. The molecule has 0 atom stereocenters. The van der Waals surface area contributed by atoms with Crippen molar-refractivity contribution in [2.75, 3.05) is 43.5 Å². The summed E-state index contributed by atoms with van der Waals surface area (Å²) >= 11 is 0. The van der Waals surface area contributed by atoms with Gasteiger partial charge in [-0.25, -0.2) is 0 Å². The summed E-state index contributed by atoms with van der Waals surface area (Å²) in [7, 11) is 3.77. The predicted octanol–water partition coefficient (Wildman–Crippen LogP) is 1.11. The van der Waals surface area contributed by atoms with Gasteiger partial charge in [0.2, 0.25) is 0 Å². The van der Waals surface area contributed by atoms with E-state index in [1.54, 1.807) is 12.1 Å². The van der Waals surface area contributed by atoms with Crippen molar-refractivity contribution in [1.29, 1.82) is 0 Å². The summed E-state index contributed by atoms with van der Waals surface area (Å²) in [6.07, 6.45) is 3.59. The van der Waals surface area contributed by atoms with Crippen molar-refractivity contribution in [3.05, 3.63) is 35.8 Å². The Bertz CT molecular complexity index is 1050. The van der Waals surface area contributed by atoms with Crippen LogP contribution in [-0.4, -0.2) is 69.6 Å². The van der Waals surface area contributed by atoms with Crippen molar-refractivity contribution in [1.82, 2.24) is 35.3 Å². The minimum atomic E-state index is -0.194. The van der Waals surface area contributed by atoms with E-state index in [2.05, 4.69) is 30.6 Å². The molecule has 0 spiro atoms. The average molecular weight is 407 g/mol. The Morgan fingerprint density at radius 3 is 2.60 bits per heavy atom. The highest BCUT2D eigenvalue weighted by Gasteiger charge is 2.30. The highest BCUT2D eigenvalue weighted by molar-refractivity contribution is 5.92. The van der Waals surface area contributed by atoms with Crippen LogP contribution in [0.1, 0.15) is 41.5 Å². The van der Waals surface area contributed by atoms with Crippen molar-refractivity contribution in [3.63, 3.8) is 0 Å². The smallest absolute Gasteiger partial charge is 0.271 e. The average Bonchev–Trinajstić information content (AvgIpc) is 3.08. The fraction of sp³-hybridized carbons (Fsp3) is 0.500. The Morgan fingerprint density at radius 2 is 1.93 bits per heavy atom. The maximum atomic E-state index is 12.3. The Kier molecular flexibility index (Phi) is 4.68. The number of hydrogen-bond acceptors (Lipinski definition) is 8. The van der Waals surface area contributed by atoms with Gasteiger partial charge in [-0.05, 0) is 37.1 Å². The molecule has 0 bridgehead atoms. The van der Waals surface area contributed by atoms with Crippen LogP contribution < -0.4 is 15.1 Å². The highest BCUT2D eigenvalue weighted by atomic mass is 16.1. The zero-order chi connectivity index (χ0) is 20.7. The molecule has 1 amide bonds. The van der Waals surface area contributed by atoms with Gasteiger partial charge < -0.3 is 15.1 Å². The number of nitrogens with one attached hydrogen (secondary N) is 1. The van der Waals surface area contributed by atoms with E-state index in [0.717, 1.165) is 36.2 Å². The van der Waals surface area contributed by atoms with E-state index in [4.69, 9.17) is 5.10 Å². The maximum absolute atomic E-state index is 12.3. The molecule has 0 radical (unpaired) electrons. The molecule has 1 aliphatic heterocycles. The minimum absolute atomic E-state index is 0.194. The van der Waals surface area contributed by atoms with Gasteiger partial charge in [-0.3, -0.25) is 4.79 Å². The van der Waals surface area contributed by atoms with Crippen LogP contribution in [-0.2, 0) is 0 Å². The lowest BCUT2D eigenvalue weighted by Crippen LogP contribution is -2.52. The molecule has 1 saturated carbocycles. The Labute approximate surface area is 174 Å². The topological polar surface area (TPSA) is 104 Å². The van der Waals surface area contributed by atoms with Crippen LogP contribution in [0.5, 0.6) is 0 Å². The molecule has 0 unspecified atom stereocenters. The van der Waals surface area contributed by atoms with E-state index in [9.17, 15) is 4.79 Å². The van der Waals surface area contributed by atoms with Crippen LogP contribution in [0.25, 0.3) is 5.65 Å². The molecule has 5 rings (SSSR count). The van der Waals surface area contributed by atoms with Gasteiger partial charge in [-0.2, -0.15) is 4.52 Å². The summed E-state index contributed by atoms with van der Waals surface area (Å²) in [5, 5.41) is 24.4. The molecule has 30 heavy (non-hydrogen) atoms. The monoisotopic (exact) mass is 407 g/mol. The Hall–Kier alpha value is -3.30. The molecule has 10 nitrogen and oxygen atoms in total. The van der Waals surface area contributed by atoms with Gasteiger partial charge in [0.05, 0.1) is 0 Å². The largest absolute Gasteiger partial charge is 0.361 e. The van der Waals surface area contributed by atoms with Gasteiger partial charge >= 0.3 is 0 Å². The van der Waals surface area contributed by atoms with E-state index in [1.165, 1.54) is 19.3 Å². The lowest BCUT2D eigenvalue weighted by atomic mass is 9.85. The van der Waals surface area contributed by atoms with Crippen LogP contribution in [0.2, 0.25) is 0 Å². The van der Waals surface area contributed by atoms with E-state index in [0.29, 0.717) is 24.1 Å². The number of hydrogen-bond donors (Lipinski definition) is 1. The van der Waals surface area contributed by atoms with Crippen molar-refractivity contribution in [3.8, 4) is 0 Å². The molecule has 2 fully saturated rings. The third-order valence-electron chi connectivity index (χ3n) is 5.92. The van der Waals surface area contributed by atoms with Crippen LogP contribution in [0.3, 0.4) is 0 Å². The molecule has 2 aliphatic rings. The molecule has 1 N–H and O–H groups in total. The van der Waals surface area contributed by atoms with E-state index in [-0.39, 0.29) is 5.91 Å². The van der Waals surface area contributed by atoms with Crippen molar-refractivity contribution < 1.29 is 4.79 Å². The van der Waals surface area contributed by atoms with Crippen LogP contribution in [0.15, 0.2) is 24.3 Å². The van der Waals surface area contributed by atoms with Crippen LogP contribution in [0.4, 0.5) is 11.6 Å². The number of fused-ring (bicyclic) bond motifs is 1. The first-order valence-electron chi connectivity index (χ1n) is 10.3. The second-order valence-electron chi connectivity index (χ2n) is 8.30. The first-order valence-corrected chi connectivity index (χ1v) is 10.3. The van der Waals surface area contributed by atoms with Gasteiger partial charge in [-0.1, -0.05) is 6.42 Å². The highest BCUT2D eigenvalue weighted by Crippen LogP contribution is 2.35. The number of carbonyl (C=O) groups excluding carboxylic acids is 1. The number of aromatic nitrogens is 6. The van der Waals surface area contributed by atoms with Gasteiger partial charge in [0.1, 0.15) is 5.82 Å². The lowest BCUT2D eigenvalue weighted by molar-refractivity contribution is 0.0938. The first kappa shape index (κ1) is 18.7. The fourth-order valence-electron chi connectivity index (χ4n) is 3.78. The molecular weight excluding hydrogens is 382 g/mol. The quantitative estimate of drug-likeness (QED) is 0.648. The molecule has 1 saturated heterocycles. The molecule has 0 aromatic carbocycles. The zero-order valence-corrected chi connectivity index (χ0v) is 17.2. The number of nitrogens with zero attached hydrogens (tertiary/aromatic N) is 8. The molecule has 1 aliphatic carbocycles. The third-order valence-corrected chi connectivity index (χ3v) is 5.92. The lowest BCUT2D eigenvalue weighted by Gasteiger charge is -2.40. The minimum Gasteiger partial charge on any atom is -0.361 e. The van der Waals surface area contributed by atoms with Crippen molar-refractivity contribution in [2.45, 2.75) is 25.2 Å². The SMILES string of the molecule is CN(C)c1ccc(C(=O)NCC2CN(c3ccc4nnc(C5CCC5)n4n3)C2)nn1. The second kappa shape index (κ2) is 7.51. The zero-order valence-electron chi connectivity index (χ0n) is 17.2. The van der Waals surface area contributed by atoms with E-state index >= 15 is 0 Å². The molecule has 3 aromatic rings. The fourth-order valence-corrected chi connectivity index (χ4v) is 3.78. The van der Waals surface area contributed by atoms with Crippen molar-refractivity contribution in [2.24, 2.45) is 5.92 Å². The Morgan fingerprint density at radius 1 is 1.10 bits per heavy atom. The summed E-state index contributed by atoms with van der Waals surface area (Å²) in [6.45, 7) is 2.31. The van der Waals surface area contributed by atoms with Gasteiger partial charge in [0.25, 0.3) is 5.91 Å². The normalized spacial score (nSPS) is 16.9. The summed E-state index contributed by atoms with van der Waals surface area (Å²) in [5.74, 6) is 3.29. The number of anilines is 2. The van der Waals surface area contributed by atoms with Crippen molar-refractivity contribution >= 4 is 23.2 Å². The van der Waals surface area contributed by atoms with E-state index < -0.39 is 0 Å². The molecule has 156 valence electrons. The molecule has 10 heteroatoms.